The van der Waals surface area contributed by atoms with E-state index >= 15 is 0 Å². The standard InChI is InChI=1S/2C18H17Cl2FN4OS/c2*1-25-16(14(19)9-23-25)13-7-15(27-17(13)20)18(26)24-12(8-22)6-10-3-2-4-11(21)5-10/h2*2-5,7,9,12H,6,8,22H2,1H3,(H,24,26)/t2*12-/m00/s1. The zero-order valence-electron chi connectivity index (χ0n) is 28.8. The molecule has 0 aliphatic rings. The van der Waals surface area contributed by atoms with Crippen molar-refractivity contribution in [1.29, 1.82) is 0 Å². The number of nitrogens with two attached hydrogens (primary N) is 2. The maximum absolute atomic E-state index is 13.3. The topological polar surface area (TPSA) is 146 Å². The van der Waals surface area contributed by atoms with Gasteiger partial charge in [0.15, 0.2) is 0 Å². The van der Waals surface area contributed by atoms with Gasteiger partial charge in [0, 0.05) is 50.4 Å². The molecule has 6 N–H and O–H groups in total. The van der Waals surface area contributed by atoms with Gasteiger partial charge in [0.1, 0.15) is 20.3 Å². The maximum Gasteiger partial charge on any atom is 0.261 e. The number of carbonyl (C=O) groups excluding carboxylic acids is 2. The molecule has 0 saturated heterocycles. The molecule has 0 unspecified atom stereocenters. The number of nitrogens with zero attached hydrogens (tertiary/aromatic N) is 4. The minimum absolute atomic E-state index is 0.224. The number of rotatable bonds is 12. The van der Waals surface area contributed by atoms with Crippen LogP contribution in [0.25, 0.3) is 22.5 Å². The molecule has 2 amide bonds. The third kappa shape index (κ3) is 10.3. The maximum atomic E-state index is 13.3. The molecule has 18 heteroatoms. The van der Waals surface area contributed by atoms with Crippen molar-refractivity contribution >= 4 is 80.9 Å². The fourth-order valence-electron chi connectivity index (χ4n) is 5.51. The molecule has 284 valence electrons. The molecule has 2 atom stereocenters. The second-order valence-corrected chi connectivity index (χ2v) is 16.1. The van der Waals surface area contributed by atoms with E-state index in [-0.39, 0.29) is 48.6 Å². The lowest BCUT2D eigenvalue weighted by Gasteiger charge is -2.16. The van der Waals surface area contributed by atoms with Crippen molar-refractivity contribution in [3.63, 3.8) is 0 Å². The Morgan fingerprint density at radius 1 is 0.704 bits per heavy atom. The average molecular weight is 855 g/mol. The van der Waals surface area contributed by atoms with Crippen LogP contribution in [0.1, 0.15) is 30.5 Å². The van der Waals surface area contributed by atoms with Gasteiger partial charge >= 0.3 is 0 Å². The minimum Gasteiger partial charge on any atom is -0.347 e. The lowest BCUT2D eigenvalue weighted by Crippen LogP contribution is -2.41. The summed E-state index contributed by atoms with van der Waals surface area (Å²) in [5, 5.41) is 14.8. The number of hydrogen-bond acceptors (Lipinski definition) is 8. The Balaban J connectivity index is 0.000000208. The highest BCUT2D eigenvalue weighted by Gasteiger charge is 2.23. The number of hydrogen-bond donors (Lipinski definition) is 4. The minimum atomic E-state index is -0.330. The summed E-state index contributed by atoms with van der Waals surface area (Å²) in [7, 11) is 3.50. The second-order valence-electron chi connectivity index (χ2n) is 12.0. The van der Waals surface area contributed by atoms with Gasteiger partial charge in [-0.25, -0.2) is 8.78 Å². The molecule has 0 spiro atoms. The van der Waals surface area contributed by atoms with Gasteiger partial charge in [-0.3, -0.25) is 19.0 Å². The Morgan fingerprint density at radius 2 is 1.09 bits per heavy atom. The summed E-state index contributed by atoms with van der Waals surface area (Å²) >= 11 is 27.3. The zero-order valence-corrected chi connectivity index (χ0v) is 33.4. The van der Waals surface area contributed by atoms with Crippen LogP contribution in [0, 0.1) is 11.6 Å². The van der Waals surface area contributed by atoms with Gasteiger partial charge in [-0.05, 0) is 60.4 Å². The first-order chi connectivity index (χ1) is 25.8. The molecule has 0 radical (unpaired) electrons. The van der Waals surface area contributed by atoms with Crippen LogP contribution in [0.4, 0.5) is 8.78 Å². The van der Waals surface area contributed by atoms with E-state index in [4.69, 9.17) is 57.9 Å². The highest BCUT2D eigenvalue weighted by Crippen LogP contribution is 2.40. The first-order valence-electron chi connectivity index (χ1n) is 16.2. The molecule has 6 rings (SSSR count). The summed E-state index contributed by atoms with van der Waals surface area (Å²) < 4.78 is 30.8. The van der Waals surface area contributed by atoms with E-state index in [0.717, 1.165) is 33.8 Å². The number of aromatic nitrogens is 4. The summed E-state index contributed by atoms with van der Waals surface area (Å²) in [6.07, 6.45) is 3.90. The van der Waals surface area contributed by atoms with Crippen LogP contribution in [0.2, 0.25) is 18.7 Å². The van der Waals surface area contributed by atoms with Crippen molar-refractivity contribution in [2.75, 3.05) is 13.1 Å². The normalized spacial score (nSPS) is 12.2. The predicted molar refractivity (Wildman–Crippen MR) is 214 cm³/mol. The Kier molecular flexibility index (Phi) is 14.3. The largest absolute Gasteiger partial charge is 0.347 e. The Bertz CT molecular complexity index is 2060. The zero-order chi connectivity index (χ0) is 39.1. The quantitative estimate of drug-likeness (QED) is 0.0990. The molecular weight excluding hydrogens is 820 g/mol. The molecule has 6 aromatic rings. The molecule has 4 heterocycles. The summed E-state index contributed by atoms with van der Waals surface area (Å²) in [6.45, 7) is 0.448. The van der Waals surface area contributed by atoms with Crippen molar-refractivity contribution < 1.29 is 18.4 Å². The molecule has 54 heavy (non-hydrogen) atoms. The van der Waals surface area contributed by atoms with Crippen molar-refractivity contribution in [2.24, 2.45) is 25.6 Å². The van der Waals surface area contributed by atoms with Crippen LogP contribution in [-0.4, -0.2) is 56.5 Å². The molecular formula is C36H34Cl4F2N8O2S2. The van der Waals surface area contributed by atoms with Gasteiger partial charge in [-0.15, -0.1) is 22.7 Å². The summed E-state index contributed by atoms with van der Waals surface area (Å²) in [5.74, 6) is -1.23. The van der Waals surface area contributed by atoms with Gasteiger partial charge in [-0.1, -0.05) is 70.7 Å². The first kappa shape index (κ1) is 41.3. The molecule has 10 nitrogen and oxygen atoms in total. The number of aryl methyl sites for hydroxylation is 2. The second kappa shape index (κ2) is 18.7. The predicted octanol–water partition coefficient (Wildman–Crippen LogP) is 7.79. The van der Waals surface area contributed by atoms with E-state index in [0.29, 0.717) is 63.8 Å². The lowest BCUT2D eigenvalue weighted by molar-refractivity contribution is 0.0933. The molecule has 0 aliphatic carbocycles. The lowest BCUT2D eigenvalue weighted by atomic mass is 10.1. The van der Waals surface area contributed by atoms with E-state index in [1.54, 1.807) is 59.9 Å². The average Bonchev–Trinajstić information content (AvgIpc) is 3.89. The smallest absolute Gasteiger partial charge is 0.261 e. The van der Waals surface area contributed by atoms with E-state index in [9.17, 15) is 18.4 Å². The van der Waals surface area contributed by atoms with Gasteiger partial charge in [0.25, 0.3) is 11.8 Å². The van der Waals surface area contributed by atoms with Crippen LogP contribution >= 0.6 is 69.1 Å². The third-order valence-corrected chi connectivity index (χ3v) is 11.4. The van der Waals surface area contributed by atoms with Gasteiger partial charge in [-0.2, -0.15) is 10.2 Å². The number of benzene rings is 2. The van der Waals surface area contributed by atoms with E-state index < -0.39 is 0 Å². The van der Waals surface area contributed by atoms with E-state index in [1.165, 1.54) is 36.7 Å². The number of amides is 2. The van der Waals surface area contributed by atoms with Crippen LogP contribution < -0.4 is 22.1 Å². The van der Waals surface area contributed by atoms with Crippen molar-refractivity contribution in [1.82, 2.24) is 30.2 Å². The Hall–Kier alpha value is -3.86. The Morgan fingerprint density at radius 3 is 1.41 bits per heavy atom. The highest BCUT2D eigenvalue weighted by atomic mass is 35.5. The number of halogens is 6. The molecule has 0 saturated carbocycles. The number of carbonyl (C=O) groups is 2. The summed E-state index contributed by atoms with van der Waals surface area (Å²) in [4.78, 5) is 26.1. The van der Waals surface area contributed by atoms with E-state index in [2.05, 4.69) is 20.8 Å². The Labute approximate surface area is 338 Å². The molecule has 2 aromatic carbocycles. The summed E-state index contributed by atoms with van der Waals surface area (Å²) in [6, 6.07) is 15.2. The number of thiophene rings is 2. The van der Waals surface area contributed by atoms with Crippen molar-refractivity contribution in [3.8, 4) is 22.5 Å². The highest BCUT2D eigenvalue weighted by molar-refractivity contribution is 7.19. The van der Waals surface area contributed by atoms with Crippen LogP contribution in [-0.2, 0) is 26.9 Å². The first-order valence-corrected chi connectivity index (χ1v) is 19.4. The molecule has 0 bridgehead atoms. The monoisotopic (exact) mass is 852 g/mol. The van der Waals surface area contributed by atoms with Gasteiger partial charge < -0.3 is 22.1 Å². The van der Waals surface area contributed by atoms with Gasteiger partial charge in [0.2, 0.25) is 0 Å². The van der Waals surface area contributed by atoms with Crippen LogP contribution in [0.5, 0.6) is 0 Å². The van der Waals surface area contributed by atoms with E-state index in [1.807, 2.05) is 0 Å². The molecule has 0 fully saturated rings. The summed E-state index contributed by atoms with van der Waals surface area (Å²) in [5.41, 5.74) is 15.7. The molecule has 4 aromatic heterocycles. The molecule has 0 aliphatic heterocycles. The third-order valence-electron chi connectivity index (χ3n) is 8.10. The van der Waals surface area contributed by atoms with Crippen LogP contribution in [0.3, 0.4) is 0 Å². The van der Waals surface area contributed by atoms with Crippen molar-refractivity contribution in [3.05, 3.63) is 124 Å². The van der Waals surface area contributed by atoms with Crippen LogP contribution in [0.15, 0.2) is 73.1 Å². The SMILES string of the molecule is Cn1ncc(Cl)c1-c1cc(C(=O)N[C@H](CN)Cc2cccc(F)c2)sc1Cl.Cn1ncc(Cl)c1-c1cc(C(=O)N[C@H](CN)Cc2cccc(F)c2)sc1Cl. The fraction of sp³-hybridized carbons (Fsp3) is 0.222. The van der Waals surface area contributed by atoms with Gasteiger partial charge in [0.05, 0.1) is 43.6 Å². The number of nitrogens with one attached hydrogen (secondary N) is 2. The fourth-order valence-corrected chi connectivity index (χ4v) is 8.40. The van der Waals surface area contributed by atoms with Crippen molar-refractivity contribution in [2.45, 2.75) is 24.9 Å².